The van der Waals surface area contributed by atoms with Gasteiger partial charge in [-0.3, -0.25) is 9.69 Å². The van der Waals surface area contributed by atoms with E-state index in [-0.39, 0.29) is 19.8 Å². The summed E-state index contributed by atoms with van der Waals surface area (Å²) in [7, 11) is 0. The Balaban J connectivity index is 1.70. The highest BCUT2D eigenvalue weighted by Crippen LogP contribution is 2.34. The number of nitrogens with one attached hydrogen (secondary N) is 1. The second-order valence-corrected chi connectivity index (χ2v) is 9.74. The van der Waals surface area contributed by atoms with E-state index in [0.717, 1.165) is 40.2 Å². The molecule has 0 spiro atoms. The number of nitrogens with zero attached hydrogens (tertiary/aromatic N) is 3. The number of ether oxygens (including phenoxy) is 1. The van der Waals surface area contributed by atoms with Crippen molar-refractivity contribution < 1.29 is 29.4 Å². The molecule has 1 unspecified atom stereocenters. The summed E-state index contributed by atoms with van der Waals surface area (Å²) in [5, 5.41) is 34.6. The van der Waals surface area contributed by atoms with Gasteiger partial charge in [0.05, 0.1) is 11.5 Å². The van der Waals surface area contributed by atoms with Gasteiger partial charge in [-0.05, 0) is 62.2 Å². The summed E-state index contributed by atoms with van der Waals surface area (Å²) in [6, 6.07) is 5.85. The SMILES string of the molecule is CCN(CCO)Cc1sc(-c2nc(-c3cc(C)c(OCC(O)CNC(=O)CO)c(C)c3)no2)cc1C. The Bertz CT molecular complexity index is 1140. The van der Waals surface area contributed by atoms with E-state index in [1.807, 2.05) is 32.0 Å². The lowest BCUT2D eigenvalue weighted by atomic mass is 10.1. The molecule has 0 aliphatic heterocycles. The predicted molar refractivity (Wildman–Crippen MR) is 137 cm³/mol. The zero-order chi connectivity index (χ0) is 26.2. The van der Waals surface area contributed by atoms with Gasteiger partial charge in [-0.15, -0.1) is 11.3 Å². The molecule has 0 saturated heterocycles. The van der Waals surface area contributed by atoms with Crippen LogP contribution in [-0.2, 0) is 11.3 Å². The Morgan fingerprint density at radius 3 is 2.56 bits per heavy atom. The minimum atomic E-state index is -0.911. The van der Waals surface area contributed by atoms with Crippen LogP contribution in [0.3, 0.4) is 0 Å². The Labute approximate surface area is 214 Å². The number of aryl methyl sites for hydroxylation is 3. The second-order valence-electron chi connectivity index (χ2n) is 8.60. The van der Waals surface area contributed by atoms with Crippen LogP contribution in [0, 0.1) is 20.8 Å². The van der Waals surface area contributed by atoms with Crippen molar-refractivity contribution >= 4 is 17.2 Å². The number of hydrogen-bond donors (Lipinski definition) is 4. The number of aliphatic hydroxyl groups is 3. The molecule has 2 aromatic heterocycles. The third-order valence-corrected chi connectivity index (χ3v) is 6.91. The zero-order valence-corrected chi connectivity index (χ0v) is 21.9. The van der Waals surface area contributed by atoms with E-state index >= 15 is 0 Å². The van der Waals surface area contributed by atoms with Crippen LogP contribution < -0.4 is 10.1 Å². The molecule has 1 atom stereocenters. The van der Waals surface area contributed by atoms with Crippen LogP contribution >= 0.6 is 11.3 Å². The molecule has 0 radical (unpaired) electrons. The van der Waals surface area contributed by atoms with E-state index in [2.05, 4.69) is 34.2 Å². The van der Waals surface area contributed by atoms with Crippen molar-refractivity contribution in [3.05, 3.63) is 39.8 Å². The van der Waals surface area contributed by atoms with Crippen molar-refractivity contribution in [2.24, 2.45) is 0 Å². The molecule has 196 valence electrons. The third kappa shape index (κ3) is 7.11. The number of aliphatic hydroxyl groups excluding tert-OH is 3. The second kappa shape index (κ2) is 12.9. The average molecular weight is 519 g/mol. The molecule has 0 fully saturated rings. The first-order valence-corrected chi connectivity index (χ1v) is 12.6. The fraction of sp³-hybridized carbons (Fsp3) is 0.480. The summed E-state index contributed by atoms with van der Waals surface area (Å²) in [6.45, 7) is 9.66. The van der Waals surface area contributed by atoms with E-state index in [1.54, 1.807) is 11.3 Å². The van der Waals surface area contributed by atoms with Gasteiger partial charge < -0.3 is 29.9 Å². The number of likely N-dealkylation sites (N-methyl/N-ethyl adjacent to an activating group) is 1. The number of amides is 1. The lowest BCUT2D eigenvalue weighted by Crippen LogP contribution is -2.36. The van der Waals surface area contributed by atoms with Gasteiger partial charge in [0.1, 0.15) is 25.1 Å². The number of benzene rings is 1. The van der Waals surface area contributed by atoms with Gasteiger partial charge >= 0.3 is 0 Å². The maximum Gasteiger partial charge on any atom is 0.268 e. The fourth-order valence-corrected chi connectivity index (χ4v) is 4.89. The van der Waals surface area contributed by atoms with Gasteiger partial charge in [0.25, 0.3) is 5.89 Å². The molecule has 11 heteroatoms. The van der Waals surface area contributed by atoms with Crippen molar-refractivity contribution in [1.29, 1.82) is 0 Å². The lowest BCUT2D eigenvalue weighted by Gasteiger charge is -2.18. The molecule has 3 rings (SSSR count). The van der Waals surface area contributed by atoms with Crippen LogP contribution in [0.4, 0.5) is 0 Å². The topological polar surface area (TPSA) is 141 Å². The minimum Gasteiger partial charge on any atom is -0.490 e. The Hall–Kier alpha value is -2.83. The molecule has 36 heavy (non-hydrogen) atoms. The van der Waals surface area contributed by atoms with Crippen LogP contribution in [0.1, 0.15) is 28.5 Å². The first-order valence-electron chi connectivity index (χ1n) is 11.8. The number of carbonyl (C=O) groups is 1. The van der Waals surface area contributed by atoms with Crippen molar-refractivity contribution in [3.63, 3.8) is 0 Å². The Morgan fingerprint density at radius 2 is 1.92 bits per heavy atom. The van der Waals surface area contributed by atoms with E-state index in [4.69, 9.17) is 14.4 Å². The lowest BCUT2D eigenvalue weighted by molar-refractivity contribution is -0.124. The van der Waals surface area contributed by atoms with Crippen LogP contribution in [-0.4, -0.2) is 81.8 Å². The molecule has 0 aliphatic carbocycles. The largest absolute Gasteiger partial charge is 0.490 e. The van der Waals surface area contributed by atoms with Crippen LogP contribution in [0.5, 0.6) is 5.75 Å². The van der Waals surface area contributed by atoms with E-state index in [0.29, 0.717) is 24.0 Å². The highest BCUT2D eigenvalue weighted by molar-refractivity contribution is 7.15. The van der Waals surface area contributed by atoms with Gasteiger partial charge in [-0.1, -0.05) is 12.1 Å². The highest BCUT2D eigenvalue weighted by Gasteiger charge is 2.18. The van der Waals surface area contributed by atoms with Crippen LogP contribution in [0.2, 0.25) is 0 Å². The van der Waals surface area contributed by atoms with Crippen molar-refractivity contribution in [3.8, 4) is 27.9 Å². The smallest absolute Gasteiger partial charge is 0.268 e. The maximum absolute atomic E-state index is 11.1. The molecular formula is C25H34N4O6S. The number of aromatic nitrogens is 2. The number of carbonyl (C=O) groups excluding carboxylic acids is 1. The van der Waals surface area contributed by atoms with Crippen LogP contribution in [0.15, 0.2) is 22.7 Å². The Morgan fingerprint density at radius 1 is 1.19 bits per heavy atom. The van der Waals surface area contributed by atoms with Gasteiger partial charge in [0.15, 0.2) is 0 Å². The monoisotopic (exact) mass is 518 g/mol. The number of hydrogen-bond acceptors (Lipinski definition) is 10. The van der Waals surface area contributed by atoms with Crippen molar-refractivity contribution in [2.75, 3.05) is 39.5 Å². The standard InChI is InChI=1S/C25H34N4O6S/c1-5-29(6-7-30)12-21-15(2)10-20(36-21)25-27-24(28-35-25)18-8-16(3)23(17(4)9-18)34-14-19(32)11-26-22(33)13-31/h8-10,19,30-32H,5-7,11-14H2,1-4H3,(H,26,33). The normalized spacial score (nSPS) is 12.2. The first kappa shape index (κ1) is 27.8. The molecule has 2 heterocycles. The van der Waals surface area contributed by atoms with Crippen molar-refractivity contribution in [2.45, 2.75) is 40.3 Å². The highest BCUT2D eigenvalue weighted by atomic mass is 32.1. The molecule has 0 bridgehead atoms. The maximum atomic E-state index is 11.1. The fourth-order valence-electron chi connectivity index (χ4n) is 3.75. The first-order chi connectivity index (χ1) is 17.2. The molecule has 10 nitrogen and oxygen atoms in total. The van der Waals surface area contributed by atoms with Gasteiger partial charge in [-0.25, -0.2) is 0 Å². The number of rotatable bonds is 13. The summed E-state index contributed by atoms with van der Waals surface area (Å²) in [4.78, 5) is 20.0. The summed E-state index contributed by atoms with van der Waals surface area (Å²) >= 11 is 1.61. The summed E-state index contributed by atoms with van der Waals surface area (Å²) in [5.41, 5.74) is 3.63. The summed E-state index contributed by atoms with van der Waals surface area (Å²) in [6.07, 6.45) is -0.911. The molecule has 3 aromatic rings. The third-order valence-electron chi connectivity index (χ3n) is 5.71. The average Bonchev–Trinajstić information content (AvgIpc) is 3.48. The Kier molecular flexibility index (Phi) is 9.97. The minimum absolute atomic E-state index is 0.00702. The van der Waals surface area contributed by atoms with Crippen LogP contribution in [0.25, 0.3) is 22.2 Å². The van der Waals surface area contributed by atoms with Gasteiger partial charge in [0, 0.05) is 30.1 Å². The molecule has 1 amide bonds. The van der Waals surface area contributed by atoms with E-state index < -0.39 is 18.6 Å². The van der Waals surface area contributed by atoms with E-state index in [9.17, 15) is 15.0 Å². The molecule has 4 N–H and O–H groups in total. The molecule has 0 aliphatic rings. The van der Waals surface area contributed by atoms with Crippen molar-refractivity contribution in [1.82, 2.24) is 20.4 Å². The van der Waals surface area contributed by atoms with Gasteiger partial charge in [0.2, 0.25) is 11.7 Å². The molecular weight excluding hydrogens is 484 g/mol. The molecule has 0 saturated carbocycles. The number of thiophene rings is 1. The van der Waals surface area contributed by atoms with E-state index in [1.165, 1.54) is 4.88 Å². The summed E-state index contributed by atoms with van der Waals surface area (Å²) < 4.78 is 11.4. The zero-order valence-electron chi connectivity index (χ0n) is 21.1. The molecule has 1 aromatic carbocycles. The quantitative estimate of drug-likeness (QED) is 0.267. The predicted octanol–water partition coefficient (Wildman–Crippen LogP) is 2.05. The summed E-state index contributed by atoms with van der Waals surface area (Å²) in [5.74, 6) is 1.01. The van der Waals surface area contributed by atoms with Gasteiger partial charge in [-0.2, -0.15) is 4.98 Å².